The van der Waals surface area contributed by atoms with Gasteiger partial charge >= 0.3 is 5.97 Å². The number of hydrogen-bond acceptors (Lipinski definition) is 4. The van der Waals surface area contributed by atoms with E-state index >= 15 is 0 Å². The molecule has 0 bridgehead atoms. The Labute approximate surface area is 156 Å². The van der Waals surface area contributed by atoms with Gasteiger partial charge in [0.25, 0.3) is 0 Å². The lowest BCUT2D eigenvalue weighted by molar-refractivity contribution is -0.164. The minimum atomic E-state index is -0.794. The van der Waals surface area contributed by atoms with Crippen molar-refractivity contribution in [3.8, 4) is 16.9 Å². The van der Waals surface area contributed by atoms with Crippen molar-refractivity contribution in [1.82, 2.24) is 0 Å². The maximum atomic E-state index is 12.6. The molecule has 0 aliphatic rings. The van der Waals surface area contributed by atoms with Crippen LogP contribution < -0.4 is 4.74 Å². The van der Waals surface area contributed by atoms with Crippen LogP contribution in [-0.2, 0) is 14.3 Å². The average molecular weight is 356 g/mol. The summed E-state index contributed by atoms with van der Waals surface area (Å²) < 4.78 is 16.4. The molecule has 0 aliphatic carbocycles. The minimum Gasteiger partial charge on any atom is -0.497 e. The van der Waals surface area contributed by atoms with E-state index in [4.69, 9.17) is 14.2 Å². The summed E-state index contributed by atoms with van der Waals surface area (Å²) >= 11 is 0. The molecule has 0 amide bonds. The fourth-order valence-electron chi connectivity index (χ4n) is 3.00. The van der Waals surface area contributed by atoms with E-state index in [0.29, 0.717) is 0 Å². The Morgan fingerprint density at radius 3 is 2.00 bits per heavy atom. The first-order valence-corrected chi connectivity index (χ1v) is 8.68. The Balaban J connectivity index is 2.68. The van der Waals surface area contributed by atoms with Crippen molar-refractivity contribution >= 4 is 5.97 Å². The molecule has 0 heterocycles. The van der Waals surface area contributed by atoms with Crippen LogP contribution in [0.5, 0.6) is 5.75 Å². The summed E-state index contributed by atoms with van der Waals surface area (Å²) in [6, 6.07) is 11.9. The highest BCUT2D eigenvalue weighted by molar-refractivity contribution is 5.83. The van der Waals surface area contributed by atoms with Gasteiger partial charge in [-0.25, -0.2) is 4.79 Å². The lowest BCUT2D eigenvalue weighted by Gasteiger charge is -2.29. The largest absolute Gasteiger partial charge is 0.497 e. The van der Waals surface area contributed by atoms with Crippen molar-refractivity contribution in [1.29, 1.82) is 0 Å². The predicted octanol–water partition coefficient (Wildman–Crippen LogP) is 5.01. The summed E-state index contributed by atoms with van der Waals surface area (Å²) in [6.45, 7) is 9.82. The summed E-state index contributed by atoms with van der Waals surface area (Å²) in [6.07, 6.45) is -0.794. The molecule has 0 aromatic heterocycles. The van der Waals surface area contributed by atoms with E-state index in [1.54, 1.807) is 7.11 Å². The second-order valence-electron chi connectivity index (χ2n) is 7.35. The second-order valence-corrected chi connectivity index (χ2v) is 7.35. The highest BCUT2D eigenvalue weighted by atomic mass is 16.6. The number of carbonyl (C=O) groups excluding carboxylic acids is 1. The van der Waals surface area contributed by atoms with Crippen molar-refractivity contribution < 1.29 is 19.0 Å². The highest BCUT2D eigenvalue weighted by Crippen LogP contribution is 2.38. The predicted molar refractivity (Wildman–Crippen MR) is 103 cm³/mol. The van der Waals surface area contributed by atoms with Gasteiger partial charge in [-0.2, -0.15) is 0 Å². The molecule has 0 N–H and O–H groups in total. The Kier molecular flexibility index (Phi) is 6.09. The summed E-state index contributed by atoms with van der Waals surface area (Å²) in [7, 11) is 3.03. The number of esters is 1. The van der Waals surface area contributed by atoms with Crippen molar-refractivity contribution in [3.05, 3.63) is 53.1 Å². The Morgan fingerprint density at radius 2 is 1.50 bits per heavy atom. The Bertz CT molecular complexity index is 770. The fraction of sp³-hybridized carbons (Fsp3) is 0.409. The fourth-order valence-corrected chi connectivity index (χ4v) is 3.00. The highest BCUT2D eigenvalue weighted by Gasteiger charge is 2.32. The first-order valence-electron chi connectivity index (χ1n) is 8.68. The smallest absolute Gasteiger partial charge is 0.339 e. The van der Waals surface area contributed by atoms with E-state index in [1.165, 1.54) is 7.11 Å². The van der Waals surface area contributed by atoms with E-state index in [2.05, 4.69) is 6.07 Å². The molecule has 0 fully saturated rings. The van der Waals surface area contributed by atoms with Crippen LogP contribution >= 0.6 is 0 Å². The van der Waals surface area contributed by atoms with Crippen LogP contribution in [0.4, 0.5) is 0 Å². The number of ether oxygens (including phenoxy) is 3. The molecule has 4 nitrogen and oxygen atoms in total. The monoisotopic (exact) mass is 356 g/mol. The number of rotatable bonds is 5. The molecule has 1 unspecified atom stereocenters. The number of carbonyl (C=O) groups is 1. The lowest BCUT2D eigenvalue weighted by Crippen LogP contribution is -2.29. The molecule has 2 aromatic rings. The Morgan fingerprint density at radius 1 is 0.923 bits per heavy atom. The van der Waals surface area contributed by atoms with Gasteiger partial charge in [0.05, 0.1) is 19.8 Å². The third kappa shape index (κ3) is 4.44. The molecule has 1 atom stereocenters. The number of hydrogen-bond donors (Lipinski definition) is 0. The van der Waals surface area contributed by atoms with Crippen LogP contribution in [0.1, 0.15) is 43.6 Å². The summed E-state index contributed by atoms with van der Waals surface area (Å²) in [5.74, 6) is 0.388. The summed E-state index contributed by atoms with van der Waals surface area (Å²) in [4.78, 5) is 12.6. The molecule has 0 aliphatic heterocycles. The van der Waals surface area contributed by atoms with Crippen LogP contribution in [0.2, 0.25) is 0 Å². The topological polar surface area (TPSA) is 44.8 Å². The number of methoxy groups -OCH3 is 2. The van der Waals surface area contributed by atoms with Crippen LogP contribution in [0.3, 0.4) is 0 Å². The van der Waals surface area contributed by atoms with Gasteiger partial charge in [0.2, 0.25) is 0 Å². The van der Waals surface area contributed by atoms with Crippen molar-refractivity contribution in [2.45, 2.75) is 46.3 Å². The summed E-state index contributed by atoms with van der Waals surface area (Å²) in [5, 5.41) is 0. The van der Waals surface area contributed by atoms with E-state index < -0.39 is 17.7 Å². The zero-order chi connectivity index (χ0) is 19.5. The van der Waals surface area contributed by atoms with Gasteiger partial charge in [0.15, 0.2) is 6.10 Å². The summed E-state index contributed by atoms with van der Waals surface area (Å²) in [5.41, 5.74) is 4.41. The molecule has 140 valence electrons. The zero-order valence-electron chi connectivity index (χ0n) is 16.7. The average Bonchev–Trinajstić information content (AvgIpc) is 2.60. The molecule has 26 heavy (non-hydrogen) atoms. The normalized spacial score (nSPS) is 12.6. The molecular weight excluding hydrogens is 328 g/mol. The Hall–Kier alpha value is -2.33. The quantitative estimate of drug-likeness (QED) is 0.707. The first-order chi connectivity index (χ1) is 12.2. The van der Waals surface area contributed by atoms with Crippen LogP contribution in [0, 0.1) is 13.8 Å². The van der Waals surface area contributed by atoms with Gasteiger partial charge in [-0.1, -0.05) is 24.3 Å². The number of aryl methyl sites for hydroxylation is 2. The van der Waals surface area contributed by atoms with Crippen LogP contribution in [0.15, 0.2) is 36.4 Å². The van der Waals surface area contributed by atoms with Gasteiger partial charge in [0, 0.05) is 5.56 Å². The standard InChI is InChI=1S/C22H28O4/c1-14-8-9-15(2)19(20(21(23)25-7)26-22(3,4)5)18(14)16-10-12-17(24-6)13-11-16/h8-13,20H,1-7H3. The molecule has 2 aromatic carbocycles. The maximum absolute atomic E-state index is 12.6. The van der Waals surface area contributed by atoms with E-state index in [0.717, 1.165) is 33.6 Å². The number of benzene rings is 2. The van der Waals surface area contributed by atoms with Gasteiger partial charge in [-0.05, 0) is 69.0 Å². The van der Waals surface area contributed by atoms with Crippen molar-refractivity contribution in [2.75, 3.05) is 14.2 Å². The first kappa shape index (κ1) is 20.0. The van der Waals surface area contributed by atoms with Gasteiger partial charge in [0.1, 0.15) is 5.75 Å². The maximum Gasteiger partial charge on any atom is 0.339 e. The van der Waals surface area contributed by atoms with Crippen molar-refractivity contribution in [2.24, 2.45) is 0 Å². The zero-order valence-corrected chi connectivity index (χ0v) is 16.7. The lowest BCUT2D eigenvalue weighted by atomic mass is 9.88. The molecular formula is C22H28O4. The molecule has 0 spiro atoms. The third-order valence-electron chi connectivity index (χ3n) is 4.20. The van der Waals surface area contributed by atoms with Gasteiger partial charge in [-0.3, -0.25) is 0 Å². The van der Waals surface area contributed by atoms with E-state index in [-0.39, 0.29) is 0 Å². The van der Waals surface area contributed by atoms with Crippen molar-refractivity contribution in [3.63, 3.8) is 0 Å². The van der Waals surface area contributed by atoms with Gasteiger partial charge < -0.3 is 14.2 Å². The minimum absolute atomic E-state index is 0.400. The molecule has 0 saturated heterocycles. The van der Waals surface area contributed by atoms with Gasteiger partial charge in [-0.15, -0.1) is 0 Å². The molecule has 0 radical (unpaired) electrons. The molecule has 0 saturated carbocycles. The van der Waals surface area contributed by atoms with Crippen LogP contribution in [-0.4, -0.2) is 25.8 Å². The van der Waals surface area contributed by atoms with E-state index in [1.807, 2.05) is 65.0 Å². The van der Waals surface area contributed by atoms with Crippen LogP contribution in [0.25, 0.3) is 11.1 Å². The molecule has 2 rings (SSSR count). The second kappa shape index (κ2) is 7.92. The third-order valence-corrected chi connectivity index (χ3v) is 4.20. The molecule has 4 heteroatoms. The SMILES string of the molecule is COC(=O)C(OC(C)(C)C)c1c(C)ccc(C)c1-c1ccc(OC)cc1. The van der Waals surface area contributed by atoms with E-state index in [9.17, 15) is 4.79 Å².